The van der Waals surface area contributed by atoms with Crippen LogP contribution < -0.4 is 5.32 Å². The number of hydrogen-bond donors (Lipinski definition) is 1. The van der Waals surface area contributed by atoms with Gasteiger partial charge in [-0.1, -0.05) is 24.3 Å². The third-order valence-electron chi connectivity index (χ3n) is 3.74. The van der Waals surface area contributed by atoms with Crippen LogP contribution in [0, 0.1) is 13.8 Å². The van der Waals surface area contributed by atoms with Gasteiger partial charge in [0.1, 0.15) is 0 Å². The van der Waals surface area contributed by atoms with Crippen LogP contribution in [0.1, 0.15) is 34.0 Å². The normalized spacial score (nSPS) is 12.1. The predicted octanol–water partition coefficient (Wildman–Crippen LogP) is 3.76. The number of rotatable bonds is 6. The lowest BCUT2D eigenvalue weighted by Crippen LogP contribution is -2.23. The summed E-state index contributed by atoms with van der Waals surface area (Å²) < 4.78 is 4.80. The molecule has 0 aliphatic heterocycles. The SMILES string of the molecule is COC(=O)CC(NCc1cccc(C)c1C)c1cccs1. The number of ether oxygens (including phenoxy) is 1. The predicted molar refractivity (Wildman–Crippen MR) is 86.4 cm³/mol. The summed E-state index contributed by atoms with van der Waals surface area (Å²) in [6.45, 7) is 4.99. The molecule has 0 saturated heterocycles. The summed E-state index contributed by atoms with van der Waals surface area (Å²) in [7, 11) is 1.43. The van der Waals surface area contributed by atoms with E-state index in [1.165, 1.54) is 23.8 Å². The molecule has 1 N–H and O–H groups in total. The summed E-state index contributed by atoms with van der Waals surface area (Å²) in [6, 6.07) is 10.4. The average molecular weight is 303 g/mol. The van der Waals surface area contributed by atoms with Gasteiger partial charge in [-0.25, -0.2) is 0 Å². The van der Waals surface area contributed by atoms with Gasteiger partial charge in [0.15, 0.2) is 0 Å². The van der Waals surface area contributed by atoms with E-state index in [1.54, 1.807) is 11.3 Å². The summed E-state index contributed by atoms with van der Waals surface area (Å²) in [4.78, 5) is 12.8. The molecule has 0 saturated carbocycles. The van der Waals surface area contributed by atoms with Gasteiger partial charge in [-0.3, -0.25) is 4.79 Å². The molecule has 1 aromatic carbocycles. The Balaban J connectivity index is 2.08. The van der Waals surface area contributed by atoms with Crippen molar-refractivity contribution in [1.82, 2.24) is 5.32 Å². The molecule has 0 spiro atoms. The minimum absolute atomic E-state index is 0.00244. The third kappa shape index (κ3) is 4.16. The second-order valence-corrected chi connectivity index (χ2v) is 6.07. The zero-order valence-electron chi connectivity index (χ0n) is 12.7. The number of benzene rings is 1. The van der Waals surface area contributed by atoms with Crippen LogP contribution in [0.15, 0.2) is 35.7 Å². The van der Waals surface area contributed by atoms with Crippen LogP contribution in [0.25, 0.3) is 0 Å². The Morgan fingerprint density at radius 3 is 2.76 bits per heavy atom. The van der Waals surface area contributed by atoms with E-state index in [0.717, 1.165) is 11.4 Å². The summed E-state index contributed by atoms with van der Waals surface area (Å²) in [6.07, 6.45) is 0.349. The van der Waals surface area contributed by atoms with Gasteiger partial charge in [-0.05, 0) is 42.0 Å². The van der Waals surface area contributed by atoms with E-state index in [4.69, 9.17) is 4.74 Å². The number of hydrogen-bond acceptors (Lipinski definition) is 4. The Morgan fingerprint density at radius 2 is 2.10 bits per heavy atom. The number of esters is 1. The molecule has 2 rings (SSSR count). The molecule has 21 heavy (non-hydrogen) atoms. The number of aryl methyl sites for hydroxylation is 1. The molecule has 4 heteroatoms. The molecule has 112 valence electrons. The summed E-state index contributed by atoms with van der Waals surface area (Å²) in [5.41, 5.74) is 3.85. The quantitative estimate of drug-likeness (QED) is 0.826. The Kier molecular flexibility index (Phi) is 5.53. The van der Waals surface area contributed by atoms with Crippen LogP contribution in [0.5, 0.6) is 0 Å². The molecule has 2 aromatic rings. The van der Waals surface area contributed by atoms with Crippen LogP contribution in [0.2, 0.25) is 0 Å². The van der Waals surface area contributed by atoms with Crippen molar-refractivity contribution in [3.05, 3.63) is 57.3 Å². The van der Waals surface area contributed by atoms with E-state index in [0.29, 0.717) is 6.42 Å². The first kappa shape index (κ1) is 15.7. The van der Waals surface area contributed by atoms with Crippen LogP contribution in [-0.2, 0) is 16.1 Å². The van der Waals surface area contributed by atoms with Gasteiger partial charge < -0.3 is 10.1 Å². The highest BCUT2D eigenvalue weighted by Gasteiger charge is 2.17. The van der Waals surface area contributed by atoms with Gasteiger partial charge in [0.05, 0.1) is 19.6 Å². The molecule has 1 atom stereocenters. The van der Waals surface area contributed by atoms with Crippen molar-refractivity contribution < 1.29 is 9.53 Å². The van der Waals surface area contributed by atoms with Crippen molar-refractivity contribution in [2.75, 3.05) is 7.11 Å². The van der Waals surface area contributed by atoms with Gasteiger partial charge in [-0.2, -0.15) is 0 Å². The Hall–Kier alpha value is -1.65. The van der Waals surface area contributed by atoms with E-state index in [2.05, 4.69) is 37.4 Å². The molecule has 0 aliphatic carbocycles. The maximum atomic E-state index is 11.6. The van der Waals surface area contributed by atoms with Gasteiger partial charge >= 0.3 is 5.97 Å². The number of carbonyl (C=O) groups is 1. The maximum Gasteiger partial charge on any atom is 0.307 e. The lowest BCUT2D eigenvalue weighted by atomic mass is 10.0. The van der Waals surface area contributed by atoms with Crippen LogP contribution in [0.4, 0.5) is 0 Å². The highest BCUT2D eigenvalue weighted by Crippen LogP contribution is 2.23. The summed E-state index contributed by atoms with van der Waals surface area (Å²) >= 11 is 1.66. The highest BCUT2D eigenvalue weighted by atomic mass is 32.1. The van der Waals surface area contributed by atoms with Gasteiger partial charge in [0, 0.05) is 11.4 Å². The van der Waals surface area contributed by atoms with Crippen molar-refractivity contribution >= 4 is 17.3 Å². The molecule has 1 unspecified atom stereocenters. The van der Waals surface area contributed by atoms with Crippen LogP contribution in [0.3, 0.4) is 0 Å². The maximum absolute atomic E-state index is 11.6. The van der Waals surface area contributed by atoms with E-state index in [9.17, 15) is 4.79 Å². The smallest absolute Gasteiger partial charge is 0.307 e. The Labute approximate surface area is 130 Å². The second-order valence-electron chi connectivity index (χ2n) is 5.09. The minimum Gasteiger partial charge on any atom is -0.469 e. The standard InChI is InChI=1S/C17H21NO2S/c1-12-6-4-7-14(13(12)2)11-18-15(10-17(19)20-3)16-8-5-9-21-16/h4-9,15,18H,10-11H2,1-3H3. The second kappa shape index (κ2) is 7.38. The first-order valence-corrected chi connectivity index (χ1v) is 7.88. The summed E-state index contributed by atoms with van der Waals surface area (Å²) in [5.74, 6) is -0.193. The van der Waals surface area contributed by atoms with Gasteiger partial charge in [0.25, 0.3) is 0 Å². The number of thiophene rings is 1. The molecule has 1 heterocycles. The van der Waals surface area contributed by atoms with Crippen molar-refractivity contribution in [3.63, 3.8) is 0 Å². The molecule has 0 fully saturated rings. The molecule has 0 radical (unpaired) electrons. The molecular formula is C17H21NO2S. The highest BCUT2D eigenvalue weighted by molar-refractivity contribution is 7.10. The lowest BCUT2D eigenvalue weighted by molar-refractivity contribution is -0.141. The lowest BCUT2D eigenvalue weighted by Gasteiger charge is -2.18. The first-order chi connectivity index (χ1) is 10.1. The Bertz CT molecular complexity index is 593. The van der Waals surface area contributed by atoms with Gasteiger partial charge in [-0.15, -0.1) is 11.3 Å². The molecule has 0 aliphatic rings. The largest absolute Gasteiger partial charge is 0.469 e. The van der Waals surface area contributed by atoms with E-state index < -0.39 is 0 Å². The molecular weight excluding hydrogens is 282 g/mol. The minimum atomic E-state index is -0.193. The topological polar surface area (TPSA) is 38.3 Å². The van der Waals surface area contributed by atoms with Crippen molar-refractivity contribution in [3.8, 4) is 0 Å². The van der Waals surface area contributed by atoms with E-state index in [-0.39, 0.29) is 12.0 Å². The fourth-order valence-corrected chi connectivity index (χ4v) is 3.05. The zero-order valence-corrected chi connectivity index (χ0v) is 13.5. The monoisotopic (exact) mass is 303 g/mol. The van der Waals surface area contributed by atoms with Gasteiger partial charge in [0.2, 0.25) is 0 Å². The van der Waals surface area contributed by atoms with Crippen molar-refractivity contribution in [1.29, 1.82) is 0 Å². The fourth-order valence-electron chi connectivity index (χ4n) is 2.25. The number of carbonyl (C=O) groups excluding carboxylic acids is 1. The van der Waals surface area contributed by atoms with Crippen molar-refractivity contribution in [2.45, 2.75) is 32.9 Å². The average Bonchev–Trinajstić information content (AvgIpc) is 3.01. The summed E-state index contributed by atoms with van der Waals surface area (Å²) in [5, 5.41) is 5.51. The van der Waals surface area contributed by atoms with Crippen molar-refractivity contribution in [2.24, 2.45) is 0 Å². The van der Waals surface area contributed by atoms with E-state index >= 15 is 0 Å². The zero-order chi connectivity index (χ0) is 15.2. The first-order valence-electron chi connectivity index (χ1n) is 7.00. The Morgan fingerprint density at radius 1 is 1.29 bits per heavy atom. The number of nitrogens with one attached hydrogen (secondary N) is 1. The molecule has 3 nitrogen and oxygen atoms in total. The molecule has 0 amide bonds. The third-order valence-corrected chi connectivity index (χ3v) is 4.73. The molecule has 0 bridgehead atoms. The fraction of sp³-hybridized carbons (Fsp3) is 0.353. The van der Waals surface area contributed by atoms with Crippen LogP contribution in [-0.4, -0.2) is 13.1 Å². The molecule has 1 aromatic heterocycles. The number of methoxy groups -OCH3 is 1. The van der Waals surface area contributed by atoms with E-state index in [1.807, 2.05) is 17.5 Å². The van der Waals surface area contributed by atoms with Crippen LogP contribution >= 0.6 is 11.3 Å².